The molecule has 0 unspecified atom stereocenters. The summed E-state index contributed by atoms with van der Waals surface area (Å²) in [7, 11) is 0. The molecule has 1 aromatic carbocycles. The number of H-pyrrole nitrogens is 1. The van der Waals surface area contributed by atoms with Gasteiger partial charge in [0.05, 0.1) is 0 Å². The van der Waals surface area contributed by atoms with Gasteiger partial charge in [-0.25, -0.2) is 4.98 Å². The predicted molar refractivity (Wildman–Crippen MR) is 55.7 cm³/mol. The maximum absolute atomic E-state index is 10.7. The van der Waals surface area contributed by atoms with Gasteiger partial charge >= 0.3 is 5.82 Å². The van der Waals surface area contributed by atoms with Crippen molar-refractivity contribution in [2.75, 3.05) is 0 Å². The fourth-order valence-corrected chi connectivity index (χ4v) is 1.63. The number of para-hydroxylation sites is 1. The van der Waals surface area contributed by atoms with Crippen LogP contribution in [0, 0.1) is 20.2 Å². The van der Waals surface area contributed by atoms with E-state index >= 15 is 0 Å². The van der Waals surface area contributed by atoms with Crippen LogP contribution in [-0.2, 0) is 6.54 Å². The SMILES string of the molecule is O=[N+]([O-])Cc1c([N+](=O)[O-])[nH]c2ccccc12. The summed E-state index contributed by atoms with van der Waals surface area (Å²) in [6.07, 6.45) is 0. The molecule has 0 aliphatic rings. The molecule has 2 aromatic rings. The number of rotatable bonds is 3. The summed E-state index contributed by atoms with van der Waals surface area (Å²) >= 11 is 0. The Morgan fingerprint density at radius 3 is 2.50 bits per heavy atom. The minimum atomic E-state index is -0.640. The number of nitrogens with zero attached hydrogens (tertiary/aromatic N) is 2. The lowest BCUT2D eigenvalue weighted by molar-refractivity contribution is -0.498. The molecule has 1 heterocycles. The second-order valence-corrected chi connectivity index (χ2v) is 3.25. The molecule has 0 atom stereocenters. The van der Waals surface area contributed by atoms with Crippen LogP contribution in [0.1, 0.15) is 5.56 Å². The highest BCUT2D eigenvalue weighted by molar-refractivity contribution is 5.86. The number of aromatic nitrogens is 1. The molecule has 1 N–H and O–H groups in total. The van der Waals surface area contributed by atoms with Gasteiger partial charge < -0.3 is 10.1 Å². The van der Waals surface area contributed by atoms with Crippen molar-refractivity contribution in [1.82, 2.24) is 4.98 Å². The average molecular weight is 221 g/mol. The van der Waals surface area contributed by atoms with Gasteiger partial charge in [-0.1, -0.05) is 12.1 Å². The van der Waals surface area contributed by atoms with Crippen molar-refractivity contribution in [2.45, 2.75) is 6.54 Å². The second-order valence-electron chi connectivity index (χ2n) is 3.25. The predicted octanol–water partition coefficient (Wildman–Crippen LogP) is 1.85. The largest absolute Gasteiger partial charge is 0.358 e. The molecule has 0 radical (unpaired) electrons. The summed E-state index contributed by atoms with van der Waals surface area (Å²) in [5, 5.41) is 21.7. The van der Waals surface area contributed by atoms with E-state index < -0.39 is 16.4 Å². The van der Waals surface area contributed by atoms with E-state index in [2.05, 4.69) is 4.98 Å². The van der Waals surface area contributed by atoms with Gasteiger partial charge in [0.15, 0.2) is 0 Å². The lowest BCUT2D eigenvalue weighted by Crippen LogP contribution is -2.01. The molecular formula is C9H7N3O4. The average Bonchev–Trinajstić information content (AvgIpc) is 2.57. The first-order valence-electron chi connectivity index (χ1n) is 4.45. The molecule has 0 saturated carbocycles. The van der Waals surface area contributed by atoms with Crippen molar-refractivity contribution >= 4 is 16.7 Å². The van der Waals surface area contributed by atoms with Gasteiger partial charge in [-0.2, -0.15) is 0 Å². The van der Waals surface area contributed by atoms with Gasteiger partial charge in [0.2, 0.25) is 6.54 Å². The molecule has 7 heteroatoms. The number of nitro groups is 2. The first-order chi connectivity index (χ1) is 7.59. The smallest absolute Gasteiger partial charge is 0.331 e. The van der Waals surface area contributed by atoms with E-state index in [9.17, 15) is 20.2 Å². The highest BCUT2D eigenvalue weighted by Gasteiger charge is 2.23. The molecule has 7 nitrogen and oxygen atoms in total. The van der Waals surface area contributed by atoms with Crippen molar-refractivity contribution in [3.8, 4) is 0 Å². The standard InChI is InChI=1S/C9H7N3O4/c13-11(14)5-7-6-3-1-2-4-8(6)10-9(7)12(15)16/h1-4,10H,5H2. The Labute approximate surface area is 89.0 Å². The first-order valence-corrected chi connectivity index (χ1v) is 4.45. The van der Waals surface area contributed by atoms with Crippen LogP contribution in [0.25, 0.3) is 10.9 Å². The Bertz CT molecular complexity index is 575. The lowest BCUT2D eigenvalue weighted by atomic mass is 10.1. The zero-order chi connectivity index (χ0) is 11.7. The molecule has 0 spiro atoms. The van der Waals surface area contributed by atoms with Crippen LogP contribution in [0.5, 0.6) is 0 Å². The van der Waals surface area contributed by atoms with Crippen molar-refractivity contribution in [2.24, 2.45) is 0 Å². The molecule has 0 saturated heterocycles. The summed E-state index contributed by atoms with van der Waals surface area (Å²) in [5.74, 6) is -0.307. The minimum Gasteiger partial charge on any atom is -0.358 e. The highest BCUT2D eigenvalue weighted by Crippen LogP contribution is 2.27. The summed E-state index contributed by atoms with van der Waals surface area (Å²) < 4.78 is 0. The Morgan fingerprint density at radius 2 is 1.88 bits per heavy atom. The zero-order valence-electron chi connectivity index (χ0n) is 8.04. The number of hydrogen-bond donors (Lipinski definition) is 1. The number of fused-ring (bicyclic) bond motifs is 1. The van der Waals surface area contributed by atoms with Crippen molar-refractivity contribution < 1.29 is 9.85 Å². The van der Waals surface area contributed by atoms with E-state index in [0.29, 0.717) is 10.9 Å². The van der Waals surface area contributed by atoms with E-state index in [4.69, 9.17) is 0 Å². The molecule has 0 fully saturated rings. The maximum atomic E-state index is 10.7. The zero-order valence-corrected chi connectivity index (χ0v) is 8.04. The summed E-state index contributed by atoms with van der Waals surface area (Å²) in [6.45, 7) is -0.555. The highest BCUT2D eigenvalue weighted by atomic mass is 16.6. The molecule has 0 aliphatic heterocycles. The van der Waals surface area contributed by atoms with Crippen LogP contribution >= 0.6 is 0 Å². The van der Waals surface area contributed by atoms with E-state index in [1.54, 1.807) is 24.3 Å². The maximum Gasteiger partial charge on any atom is 0.331 e. The molecular weight excluding hydrogens is 214 g/mol. The minimum absolute atomic E-state index is 0.116. The quantitative estimate of drug-likeness (QED) is 0.630. The van der Waals surface area contributed by atoms with Gasteiger partial charge in [0.25, 0.3) is 0 Å². The third-order valence-electron chi connectivity index (χ3n) is 2.26. The Kier molecular flexibility index (Phi) is 2.28. The van der Waals surface area contributed by atoms with Crippen LogP contribution in [0.2, 0.25) is 0 Å². The summed E-state index contributed by atoms with van der Waals surface area (Å²) in [6, 6.07) is 6.66. The molecule has 16 heavy (non-hydrogen) atoms. The van der Waals surface area contributed by atoms with Gasteiger partial charge in [0.1, 0.15) is 11.1 Å². The van der Waals surface area contributed by atoms with E-state index in [-0.39, 0.29) is 11.4 Å². The van der Waals surface area contributed by atoms with Crippen molar-refractivity contribution in [3.63, 3.8) is 0 Å². The Morgan fingerprint density at radius 1 is 1.19 bits per heavy atom. The van der Waals surface area contributed by atoms with Gasteiger partial charge in [-0.15, -0.1) is 0 Å². The third kappa shape index (κ3) is 1.58. The van der Waals surface area contributed by atoms with Crippen LogP contribution in [0.3, 0.4) is 0 Å². The fourth-order valence-electron chi connectivity index (χ4n) is 1.63. The van der Waals surface area contributed by atoms with E-state index in [0.717, 1.165) is 0 Å². The van der Waals surface area contributed by atoms with Gasteiger partial charge in [-0.3, -0.25) is 10.1 Å². The molecule has 1 aromatic heterocycles. The molecule has 0 amide bonds. The van der Waals surface area contributed by atoms with Crippen molar-refractivity contribution in [1.29, 1.82) is 0 Å². The number of nitrogens with one attached hydrogen (secondary N) is 1. The second kappa shape index (κ2) is 3.61. The summed E-state index contributed by atoms with van der Waals surface area (Å²) in [5.41, 5.74) is 0.650. The van der Waals surface area contributed by atoms with E-state index in [1.807, 2.05) is 0 Å². The monoisotopic (exact) mass is 221 g/mol. The van der Waals surface area contributed by atoms with Crippen LogP contribution in [0.4, 0.5) is 5.82 Å². The lowest BCUT2D eigenvalue weighted by Gasteiger charge is -1.94. The molecule has 2 rings (SSSR count). The molecule has 0 aliphatic carbocycles. The molecule has 0 bridgehead atoms. The Balaban J connectivity index is 2.69. The van der Waals surface area contributed by atoms with Gasteiger partial charge in [0, 0.05) is 10.3 Å². The third-order valence-corrected chi connectivity index (χ3v) is 2.26. The molecule has 82 valence electrons. The number of hydrogen-bond acceptors (Lipinski definition) is 4. The van der Waals surface area contributed by atoms with Gasteiger partial charge in [-0.05, 0) is 17.1 Å². The normalized spacial score (nSPS) is 10.5. The fraction of sp³-hybridized carbons (Fsp3) is 0.111. The topological polar surface area (TPSA) is 102 Å². The van der Waals surface area contributed by atoms with Crippen LogP contribution in [-0.4, -0.2) is 14.8 Å². The van der Waals surface area contributed by atoms with Crippen LogP contribution < -0.4 is 0 Å². The first kappa shape index (κ1) is 10.1. The van der Waals surface area contributed by atoms with Crippen LogP contribution in [0.15, 0.2) is 24.3 Å². The number of benzene rings is 1. The van der Waals surface area contributed by atoms with Crippen molar-refractivity contribution in [3.05, 3.63) is 50.1 Å². The summed E-state index contributed by atoms with van der Waals surface area (Å²) in [4.78, 5) is 22.5. The van der Waals surface area contributed by atoms with E-state index in [1.165, 1.54) is 0 Å². The Hall–Kier alpha value is -2.44. The number of aromatic amines is 1.